The van der Waals surface area contributed by atoms with E-state index in [1.165, 1.54) is 6.07 Å². The summed E-state index contributed by atoms with van der Waals surface area (Å²) in [7, 11) is 0. The number of rotatable bonds is 4. The highest BCUT2D eigenvalue weighted by molar-refractivity contribution is 6.21. The highest BCUT2D eigenvalue weighted by Gasteiger charge is 2.35. The van der Waals surface area contributed by atoms with Gasteiger partial charge >= 0.3 is 6.18 Å². The molecule has 5 nitrogen and oxygen atoms in total. The predicted octanol–water partition coefficient (Wildman–Crippen LogP) is 3.48. The van der Waals surface area contributed by atoms with Crippen molar-refractivity contribution in [3.8, 4) is 5.75 Å². The van der Waals surface area contributed by atoms with Crippen LogP contribution in [0.5, 0.6) is 5.75 Å². The summed E-state index contributed by atoms with van der Waals surface area (Å²) in [5.74, 6) is -1.68. The predicted molar refractivity (Wildman–Crippen MR) is 87.2 cm³/mol. The molecular formula is C16H13ClF3N3O2. The van der Waals surface area contributed by atoms with E-state index < -0.39 is 23.6 Å². The van der Waals surface area contributed by atoms with Gasteiger partial charge in [-0.3, -0.25) is 10.1 Å². The molecule has 2 aromatic carbocycles. The van der Waals surface area contributed by atoms with E-state index in [0.717, 1.165) is 6.07 Å². The minimum absolute atomic E-state index is 0.0404. The molecule has 0 spiro atoms. The Morgan fingerprint density at radius 1 is 1.20 bits per heavy atom. The summed E-state index contributed by atoms with van der Waals surface area (Å²) in [5, 5.41) is 2.05. The number of carbonyl (C=O) groups excluding carboxylic acids is 1. The van der Waals surface area contributed by atoms with E-state index >= 15 is 0 Å². The van der Waals surface area contributed by atoms with Crippen molar-refractivity contribution in [2.45, 2.75) is 12.8 Å². The Hall–Kier alpha value is -2.74. The van der Waals surface area contributed by atoms with Crippen LogP contribution < -0.4 is 15.8 Å². The number of hydrogen-bond acceptors (Lipinski definition) is 3. The number of ether oxygens (including phenoxy) is 1. The van der Waals surface area contributed by atoms with Crippen LogP contribution >= 0.6 is 11.8 Å². The maximum Gasteiger partial charge on any atom is 0.419 e. The lowest BCUT2D eigenvalue weighted by Gasteiger charge is -2.15. The van der Waals surface area contributed by atoms with Crippen molar-refractivity contribution in [3.05, 3.63) is 65.2 Å². The van der Waals surface area contributed by atoms with Gasteiger partial charge in [0.05, 0.1) is 5.56 Å². The first-order valence-electron chi connectivity index (χ1n) is 6.95. The van der Waals surface area contributed by atoms with E-state index in [1.807, 2.05) is 0 Å². The normalized spacial score (nSPS) is 11.9. The molecule has 0 saturated carbocycles. The number of nitrogens with zero attached hydrogens (tertiary/aromatic N) is 1. The van der Waals surface area contributed by atoms with E-state index in [9.17, 15) is 18.0 Å². The Balaban J connectivity index is 2.26. The lowest BCUT2D eigenvalue weighted by Crippen LogP contribution is -2.36. The fraction of sp³-hybridized carbons (Fsp3) is 0.125. The monoisotopic (exact) mass is 371 g/mol. The van der Waals surface area contributed by atoms with E-state index in [1.54, 1.807) is 30.3 Å². The van der Waals surface area contributed by atoms with Crippen molar-refractivity contribution in [2.75, 3.05) is 0 Å². The van der Waals surface area contributed by atoms with Crippen molar-refractivity contribution < 1.29 is 22.7 Å². The SMILES string of the molecule is NC(=NCl)NC(=O)c1ccc(OCc2ccccc2)c(C(F)(F)F)c1. The Morgan fingerprint density at radius 2 is 1.88 bits per heavy atom. The van der Waals surface area contributed by atoms with Crippen molar-refractivity contribution >= 4 is 23.6 Å². The topological polar surface area (TPSA) is 76.7 Å². The molecule has 9 heteroatoms. The van der Waals surface area contributed by atoms with E-state index in [0.29, 0.717) is 11.6 Å². The molecule has 0 saturated heterocycles. The van der Waals surface area contributed by atoms with Gasteiger partial charge in [0.2, 0.25) is 5.96 Å². The van der Waals surface area contributed by atoms with Crippen LogP contribution in [0.2, 0.25) is 0 Å². The third-order valence-electron chi connectivity index (χ3n) is 3.12. The van der Waals surface area contributed by atoms with Crippen molar-refractivity contribution in [1.29, 1.82) is 0 Å². The smallest absolute Gasteiger partial charge is 0.419 e. The maximum absolute atomic E-state index is 13.3. The van der Waals surface area contributed by atoms with Gasteiger partial charge in [0.1, 0.15) is 12.4 Å². The average molecular weight is 372 g/mol. The Bertz CT molecular complexity index is 780. The third kappa shape index (κ3) is 5.12. The fourth-order valence-electron chi connectivity index (χ4n) is 1.96. The number of halogens is 4. The van der Waals surface area contributed by atoms with Gasteiger partial charge < -0.3 is 10.5 Å². The molecule has 132 valence electrons. The van der Waals surface area contributed by atoms with Gasteiger partial charge in [0, 0.05) is 17.3 Å². The minimum Gasteiger partial charge on any atom is -0.488 e. The van der Waals surface area contributed by atoms with Gasteiger partial charge in [0.25, 0.3) is 5.91 Å². The van der Waals surface area contributed by atoms with Crippen LogP contribution in [-0.2, 0) is 12.8 Å². The van der Waals surface area contributed by atoms with Crippen molar-refractivity contribution in [2.24, 2.45) is 10.2 Å². The molecule has 0 radical (unpaired) electrons. The third-order valence-corrected chi connectivity index (χ3v) is 3.30. The van der Waals surface area contributed by atoms with Crippen molar-refractivity contribution in [3.63, 3.8) is 0 Å². The van der Waals surface area contributed by atoms with Gasteiger partial charge in [-0.25, -0.2) is 0 Å². The molecule has 2 aromatic rings. The molecule has 0 atom stereocenters. The Morgan fingerprint density at radius 3 is 2.48 bits per heavy atom. The fourth-order valence-corrected chi connectivity index (χ4v) is 2.01. The van der Waals surface area contributed by atoms with Crippen LogP contribution in [0.25, 0.3) is 0 Å². The number of benzene rings is 2. The molecule has 0 unspecified atom stereocenters. The minimum atomic E-state index is -4.70. The summed E-state index contributed by atoms with van der Waals surface area (Å²) >= 11 is 5.06. The lowest BCUT2D eigenvalue weighted by atomic mass is 10.1. The Kier molecular flexibility index (Phi) is 5.87. The van der Waals surface area contributed by atoms with Crippen LogP contribution in [0.15, 0.2) is 53.0 Å². The second-order valence-electron chi connectivity index (χ2n) is 4.91. The molecular weight excluding hydrogens is 359 g/mol. The number of alkyl halides is 3. The number of guanidine groups is 1. The molecule has 2 rings (SSSR count). The second-order valence-corrected chi connectivity index (χ2v) is 5.08. The molecule has 0 bridgehead atoms. The van der Waals surface area contributed by atoms with Gasteiger partial charge in [-0.2, -0.15) is 13.2 Å². The number of hydrogen-bond donors (Lipinski definition) is 2. The van der Waals surface area contributed by atoms with Crippen LogP contribution in [0.3, 0.4) is 0 Å². The number of nitrogens with two attached hydrogens (primary N) is 1. The van der Waals surface area contributed by atoms with Gasteiger partial charge in [0.15, 0.2) is 0 Å². The highest BCUT2D eigenvalue weighted by Crippen LogP contribution is 2.37. The van der Waals surface area contributed by atoms with Gasteiger partial charge in [-0.05, 0) is 23.8 Å². The first kappa shape index (κ1) is 18.6. The molecule has 25 heavy (non-hydrogen) atoms. The van der Waals surface area contributed by atoms with E-state index in [2.05, 4.69) is 9.83 Å². The van der Waals surface area contributed by atoms with Crippen LogP contribution in [-0.4, -0.2) is 11.9 Å². The largest absolute Gasteiger partial charge is 0.488 e. The zero-order chi connectivity index (χ0) is 18.4. The molecule has 0 aliphatic rings. The zero-order valence-corrected chi connectivity index (χ0v) is 13.4. The number of carbonyl (C=O) groups is 1. The van der Waals surface area contributed by atoms with Crippen LogP contribution in [0.4, 0.5) is 13.2 Å². The summed E-state index contributed by atoms with van der Waals surface area (Å²) in [4.78, 5) is 11.8. The Labute approximate surface area is 146 Å². The van der Waals surface area contributed by atoms with Crippen LogP contribution in [0.1, 0.15) is 21.5 Å². The summed E-state index contributed by atoms with van der Waals surface area (Å²) in [6, 6.07) is 11.7. The molecule has 0 aliphatic heterocycles. The van der Waals surface area contributed by atoms with Gasteiger partial charge in [-0.15, -0.1) is 4.51 Å². The number of nitrogens with one attached hydrogen (secondary N) is 1. The molecule has 3 N–H and O–H groups in total. The zero-order valence-electron chi connectivity index (χ0n) is 12.7. The summed E-state index contributed by atoms with van der Waals surface area (Å²) in [6.45, 7) is -0.0404. The number of amides is 1. The maximum atomic E-state index is 13.3. The second kappa shape index (κ2) is 7.89. The first-order valence-corrected chi connectivity index (χ1v) is 7.29. The van der Waals surface area contributed by atoms with Crippen LogP contribution in [0, 0.1) is 0 Å². The molecule has 0 aliphatic carbocycles. The summed E-state index contributed by atoms with van der Waals surface area (Å²) in [5.41, 5.74) is 4.59. The van der Waals surface area contributed by atoms with E-state index in [-0.39, 0.29) is 17.9 Å². The molecule has 0 aromatic heterocycles. The van der Waals surface area contributed by atoms with Crippen molar-refractivity contribution in [1.82, 2.24) is 5.32 Å². The standard InChI is InChI=1S/C16H13ClF3N3O2/c17-23-15(21)22-14(24)11-6-7-13(12(8-11)16(18,19)20)25-9-10-4-2-1-3-5-10/h1-8H,9H2,(H3,21,22,23,24). The average Bonchev–Trinajstić information content (AvgIpc) is 2.59. The van der Waals surface area contributed by atoms with E-state index in [4.69, 9.17) is 22.2 Å². The highest BCUT2D eigenvalue weighted by atomic mass is 35.5. The van der Waals surface area contributed by atoms with Gasteiger partial charge in [-0.1, -0.05) is 30.3 Å². The molecule has 1 amide bonds. The molecule has 0 fully saturated rings. The first-order chi connectivity index (χ1) is 11.8. The summed E-state index contributed by atoms with van der Waals surface area (Å²) in [6.07, 6.45) is -4.70. The lowest BCUT2D eigenvalue weighted by molar-refractivity contribution is -0.139. The quantitative estimate of drug-likeness (QED) is 0.638. The summed E-state index contributed by atoms with van der Waals surface area (Å²) < 4.78 is 48.1. The molecule has 0 heterocycles.